The molecule has 1 saturated heterocycles. The molecule has 7 nitrogen and oxygen atoms in total. The van der Waals surface area contributed by atoms with Crippen molar-refractivity contribution in [2.24, 2.45) is 0 Å². The van der Waals surface area contributed by atoms with Crippen LogP contribution >= 0.6 is 27.7 Å². The van der Waals surface area contributed by atoms with Crippen LogP contribution < -0.4 is 10.4 Å². The van der Waals surface area contributed by atoms with Crippen LogP contribution in [-0.4, -0.2) is 46.5 Å². The summed E-state index contributed by atoms with van der Waals surface area (Å²) in [6.45, 7) is 0.698. The number of nitrogens with zero attached hydrogens (tertiary/aromatic N) is 3. The summed E-state index contributed by atoms with van der Waals surface area (Å²) in [5, 5.41) is 12.6. The van der Waals surface area contributed by atoms with Gasteiger partial charge >= 0.3 is 0 Å². The van der Waals surface area contributed by atoms with Crippen molar-refractivity contribution in [3.63, 3.8) is 0 Å². The summed E-state index contributed by atoms with van der Waals surface area (Å²) in [7, 11) is 0. The Morgan fingerprint density at radius 3 is 2.74 bits per heavy atom. The van der Waals surface area contributed by atoms with Crippen molar-refractivity contribution in [3.8, 4) is 5.75 Å². The molecule has 3 aromatic rings. The van der Waals surface area contributed by atoms with Crippen molar-refractivity contribution in [1.29, 1.82) is 0 Å². The molecule has 1 N–H and O–H groups in total. The maximum Gasteiger partial charge on any atom is 0.278 e. The Morgan fingerprint density at radius 2 is 1.91 bits per heavy atom. The number of ether oxygens (including phenoxy) is 1. The zero-order chi connectivity index (χ0) is 24.4. The van der Waals surface area contributed by atoms with Crippen LogP contribution in [0.2, 0.25) is 0 Å². The number of thioether (sulfide) groups is 1. The van der Waals surface area contributed by atoms with E-state index in [1.165, 1.54) is 22.6 Å². The van der Waals surface area contributed by atoms with Crippen molar-refractivity contribution >= 4 is 33.6 Å². The second kappa shape index (κ2) is 8.35. The lowest BCUT2D eigenvalue weighted by molar-refractivity contribution is -0.0198. The predicted octanol–water partition coefficient (Wildman–Crippen LogP) is 3.74. The number of benzene rings is 2. The van der Waals surface area contributed by atoms with Crippen molar-refractivity contribution in [2.75, 3.05) is 24.8 Å². The molecule has 1 aromatic heterocycles. The quantitative estimate of drug-likeness (QED) is 0.488. The standard InChI is InChI=1S/C24H18BrF2N3O4S/c25-15-9-29-21(23(32)22(15)31)24(33)28-7-8-34-10-18(28)30(29)20-12-5-6-16(26)19(27)14(12)11-35-17-4-2-1-3-13(17)20/h1-6,9,18,20,32H,7-8,10-11H2/t18-,20?/m1/s1. The first kappa shape index (κ1) is 22.6. The number of fused-ring (bicyclic) bond motifs is 4. The fraction of sp³-hybridized carbons (Fsp3) is 0.250. The van der Waals surface area contributed by atoms with E-state index in [2.05, 4.69) is 15.9 Å². The first-order valence-corrected chi connectivity index (χ1v) is 12.7. The number of carbonyl (C=O) groups excluding carboxylic acids is 1. The second-order valence-electron chi connectivity index (χ2n) is 8.44. The summed E-state index contributed by atoms with van der Waals surface area (Å²) in [6.07, 6.45) is 0.807. The van der Waals surface area contributed by atoms with E-state index in [9.17, 15) is 19.1 Å². The van der Waals surface area contributed by atoms with E-state index >= 15 is 4.39 Å². The number of hydrogen-bond acceptors (Lipinski definition) is 6. The average Bonchev–Trinajstić information content (AvgIpc) is 3.02. The summed E-state index contributed by atoms with van der Waals surface area (Å²) < 4.78 is 36.6. The largest absolute Gasteiger partial charge is 0.502 e. The molecule has 1 amide bonds. The summed E-state index contributed by atoms with van der Waals surface area (Å²) in [5.74, 6) is -2.81. The fourth-order valence-corrected chi connectivity index (χ4v) is 6.51. The van der Waals surface area contributed by atoms with Crippen molar-refractivity contribution in [1.82, 2.24) is 9.58 Å². The summed E-state index contributed by atoms with van der Waals surface area (Å²) in [5.41, 5.74) is 0.683. The monoisotopic (exact) mass is 561 g/mol. The van der Waals surface area contributed by atoms with Gasteiger partial charge in [0.1, 0.15) is 6.17 Å². The van der Waals surface area contributed by atoms with E-state index in [0.29, 0.717) is 12.2 Å². The molecule has 35 heavy (non-hydrogen) atoms. The van der Waals surface area contributed by atoms with Gasteiger partial charge in [-0.05, 0) is 39.2 Å². The van der Waals surface area contributed by atoms with Gasteiger partial charge in [0.05, 0.1) is 23.7 Å². The normalized spacial score (nSPS) is 21.1. The van der Waals surface area contributed by atoms with Gasteiger partial charge in [0.25, 0.3) is 5.91 Å². The highest BCUT2D eigenvalue weighted by Crippen LogP contribution is 2.45. The molecule has 0 radical (unpaired) electrons. The third-order valence-electron chi connectivity index (χ3n) is 6.62. The predicted molar refractivity (Wildman–Crippen MR) is 128 cm³/mol. The highest BCUT2D eigenvalue weighted by atomic mass is 79.9. The molecule has 1 unspecified atom stereocenters. The van der Waals surface area contributed by atoms with Gasteiger partial charge in [0.15, 0.2) is 23.1 Å². The van der Waals surface area contributed by atoms with E-state index < -0.39 is 40.9 Å². The molecule has 0 saturated carbocycles. The molecule has 11 heteroatoms. The summed E-state index contributed by atoms with van der Waals surface area (Å²) in [4.78, 5) is 28.4. The Bertz CT molecular complexity index is 1450. The number of pyridine rings is 1. The Morgan fingerprint density at radius 1 is 1.11 bits per heavy atom. The number of carbonyl (C=O) groups is 1. The molecule has 2 aromatic carbocycles. The first-order valence-electron chi connectivity index (χ1n) is 10.9. The van der Waals surface area contributed by atoms with Crippen LogP contribution in [0.3, 0.4) is 0 Å². The maximum atomic E-state index is 15.1. The van der Waals surface area contributed by atoms with Crippen LogP contribution in [0.15, 0.2) is 56.8 Å². The van der Waals surface area contributed by atoms with Crippen LogP contribution in [-0.2, 0) is 10.5 Å². The zero-order valence-electron chi connectivity index (χ0n) is 18.1. The lowest BCUT2D eigenvalue weighted by Gasteiger charge is -2.51. The number of hydrogen-bond donors (Lipinski definition) is 1. The number of rotatable bonds is 1. The molecule has 0 bridgehead atoms. The molecule has 0 spiro atoms. The molecule has 3 aliphatic heterocycles. The van der Waals surface area contributed by atoms with Gasteiger partial charge in [0, 0.05) is 29.0 Å². The number of halogens is 3. The molecule has 3 aliphatic rings. The van der Waals surface area contributed by atoms with Gasteiger partial charge < -0.3 is 14.7 Å². The SMILES string of the molecule is O=C1c2c(O)c(=O)c(Br)cn2N(C2c3ccccc3SCc3c2ccc(F)c3F)[C@@H]2COCCN12. The minimum atomic E-state index is -0.935. The number of morpholine rings is 1. The molecule has 1 fully saturated rings. The number of aromatic nitrogens is 1. The van der Waals surface area contributed by atoms with E-state index in [0.717, 1.165) is 16.5 Å². The topological polar surface area (TPSA) is 75.0 Å². The highest BCUT2D eigenvalue weighted by molar-refractivity contribution is 9.10. The Kier molecular flexibility index (Phi) is 5.39. The lowest BCUT2D eigenvalue weighted by Crippen LogP contribution is -2.66. The van der Waals surface area contributed by atoms with Gasteiger partial charge in [-0.25, -0.2) is 8.78 Å². The maximum absolute atomic E-state index is 15.1. The Labute approximate surface area is 211 Å². The Balaban J connectivity index is 1.69. The smallest absolute Gasteiger partial charge is 0.278 e. The average molecular weight is 562 g/mol. The first-order chi connectivity index (χ1) is 16.9. The van der Waals surface area contributed by atoms with Crippen LogP contribution in [0.4, 0.5) is 8.78 Å². The minimum Gasteiger partial charge on any atom is -0.502 e. The van der Waals surface area contributed by atoms with Gasteiger partial charge in [-0.3, -0.25) is 19.3 Å². The van der Waals surface area contributed by atoms with Crippen molar-refractivity contribution in [3.05, 3.63) is 91.3 Å². The van der Waals surface area contributed by atoms with Gasteiger partial charge in [-0.15, -0.1) is 11.8 Å². The van der Waals surface area contributed by atoms with Gasteiger partial charge in [0.2, 0.25) is 5.43 Å². The van der Waals surface area contributed by atoms with Crippen LogP contribution in [0.25, 0.3) is 0 Å². The molecule has 6 rings (SSSR count). The van der Waals surface area contributed by atoms with E-state index in [1.807, 2.05) is 24.3 Å². The van der Waals surface area contributed by atoms with E-state index in [4.69, 9.17) is 4.74 Å². The lowest BCUT2D eigenvalue weighted by atomic mass is 9.93. The molecule has 0 aliphatic carbocycles. The van der Waals surface area contributed by atoms with Gasteiger partial charge in [-0.2, -0.15) is 0 Å². The number of aromatic hydroxyl groups is 1. The van der Waals surface area contributed by atoms with Crippen LogP contribution in [0, 0.1) is 11.6 Å². The fourth-order valence-electron chi connectivity index (χ4n) is 5.01. The van der Waals surface area contributed by atoms with Gasteiger partial charge in [-0.1, -0.05) is 24.3 Å². The molecule has 180 valence electrons. The van der Waals surface area contributed by atoms with E-state index in [1.54, 1.807) is 16.0 Å². The highest BCUT2D eigenvalue weighted by Gasteiger charge is 2.46. The zero-order valence-corrected chi connectivity index (χ0v) is 20.5. The third-order valence-corrected chi connectivity index (χ3v) is 8.30. The third kappa shape index (κ3) is 3.32. The van der Waals surface area contributed by atoms with Crippen molar-refractivity contribution in [2.45, 2.75) is 22.9 Å². The van der Waals surface area contributed by atoms with E-state index in [-0.39, 0.29) is 34.6 Å². The summed E-state index contributed by atoms with van der Waals surface area (Å²) in [6, 6.07) is 9.54. The molecular formula is C24H18BrF2N3O4S. The Hall–Kier alpha value is -2.89. The molecule has 4 heterocycles. The number of amides is 1. The molecule has 2 atom stereocenters. The van der Waals surface area contributed by atoms with Crippen LogP contribution in [0.1, 0.15) is 33.2 Å². The minimum absolute atomic E-state index is 0.0588. The molecular weight excluding hydrogens is 544 g/mol. The van der Waals surface area contributed by atoms with Crippen molar-refractivity contribution < 1.29 is 23.4 Å². The second-order valence-corrected chi connectivity index (χ2v) is 10.3. The van der Waals surface area contributed by atoms with Crippen LogP contribution in [0.5, 0.6) is 5.75 Å². The summed E-state index contributed by atoms with van der Waals surface area (Å²) >= 11 is 4.59.